The molecule has 3 heterocycles. The van der Waals surface area contributed by atoms with Gasteiger partial charge in [-0.15, -0.1) is 0 Å². The van der Waals surface area contributed by atoms with Crippen LogP contribution in [0.15, 0.2) is 18.2 Å². The predicted molar refractivity (Wildman–Crippen MR) is 137 cm³/mol. The topological polar surface area (TPSA) is 172 Å². The number of aliphatic hydroxyl groups is 4. The van der Waals surface area contributed by atoms with Crippen LogP contribution in [0.25, 0.3) is 0 Å². The van der Waals surface area contributed by atoms with Crippen LogP contribution in [-0.4, -0.2) is 98.4 Å². The van der Waals surface area contributed by atoms with Gasteiger partial charge in [-0.25, -0.2) is 0 Å². The van der Waals surface area contributed by atoms with Gasteiger partial charge in [0.05, 0.1) is 40.5 Å². The molecule has 0 saturated carbocycles. The van der Waals surface area contributed by atoms with Gasteiger partial charge in [-0.05, 0) is 35.7 Å². The van der Waals surface area contributed by atoms with Crippen molar-refractivity contribution >= 4 is 5.97 Å². The van der Waals surface area contributed by atoms with E-state index < -0.39 is 49.1 Å². The van der Waals surface area contributed by atoms with E-state index >= 15 is 0 Å². The van der Waals surface area contributed by atoms with E-state index in [1.807, 2.05) is 0 Å². The number of carbonyl (C=O) groups is 1. The Hall–Kier alpha value is -3.49. The summed E-state index contributed by atoms with van der Waals surface area (Å²) >= 11 is 0. The summed E-state index contributed by atoms with van der Waals surface area (Å²) < 4.78 is 45.5. The third-order valence-electron chi connectivity index (χ3n) is 8.27. The summed E-state index contributed by atoms with van der Waals surface area (Å²) in [5, 5.41) is 40.9. The van der Waals surface area contributed by atoms with Crippen LogP contribution in [0.4, 0.5) is 0 Å². The Kier molecular flexibility index (Phi) is 7.24. The van der Waals surface area contributed by atoms with Crippen molar-refractivity contribution in [3.05, 3.63) is 34.9 Å². The van der Waals surface area contributed by atoms with Crippen LogP contribution in [0.3, 0.4) is 0 Å². The van der Waals surface area contributed by atoms with Crippen molar-refractivity contribution in [3.8, 4) is 34.5 Å². The summed E-state index contributed by atoms with van der Waals surface area (Å²) in [7, 11) is 4.52. The minimum atomic E-state index is -1.64. The smallest absolute Gasteiger partial charge is 0.310 e. The molecule has 0 radical (unpaired) electrons. The first-order valence-electron chi connectivity index (χ1n) is 13.2. The third-order valence-corrected chi connectivity index (χ3v) is 8.27. The summed E-state index contributed by atoms with van der Waals surface area (Å²) in [5.74, 6) is 0.409. The number of cyclic esters (lactones) is 1. The Morgan fingerprint density at radius 2 is 1.63 bits per heavy atom. The van der Waals surface area contributed by atoms with E-state index in [1.54, 1.807) is 18.2 Å². The quantitative estimate of drug-likeness (QED) is 0.327. The average Bonchev–Trinajstić information content (AvgIpc) is 3.61. The molecule has 2 fully saturated rings. The highest BCUT2D eigenvalue weighted by atomic mass is 16.7. The van der Waals surface area contributed by atoms with Crippen molar-refractivity contribution in [2.24, 2.45) is 11.8 Å². The van der Waals surface area contributed by atoms with E-state index in [2.05, 4.69) is 0 Å². The average molecular weight is 577 g/mol. The van der Waals surface area contributed by atoms with Crippen LogP contribution in [-0.2, 0) is 20.7 Å². The lowest BCUT2D eigenvalue weighted by Gasteiger charge is -2.40. The van der Waals surface area contributed by atoms with Gasteiger partial charge in [0.1, 0.15) is 24.4 Å². The van der Waals surface area contributed by atoms with Crippen molar-refractivity contribution in [2.45, 2.75) is 43.0 Å². The maximum absolute atomic E-state index is 13.1. The molecule has 0 amide bonds. The van der Waals surface area contributed by atoms with E-state index in [0.29, 0.717) is 46.1 Å². The maximum atomic E-state index is 13.1. The largest absolute Gasteiger partial charge is 0.493 e. The van der Waals surface area contributed by atoms with Gasteiger partial charge < -0.3 is 58.3 Å². The summed E-state index contributed by atoms with van der Waals surface area (Å²) in [5.41, 5.74) is 2.07. The van der Waals surface area contributed by atoms with Crippen LogP contribution in [0.2, 0.25) is 0 Å². The molecule has 6 rings (SSSR count). The highest BCUT2D eigenvalue weighted by Gasteiger charge is 2.51. The van der Waals surface area contributed by atoms with Crippen molar-refractivity contribution in [1.82, 2.24) is 0 Å². The standard InChI is InChI=1S/C28H32O13/c1-34-15-5-11(6-16(35-2)25(15)36-3)19-13-7-17-26(39-10-38-17)24(14(13)4-12-9-37-27(33)20(12)19)41-28-23(32)22(31)21(30)18(8-29)40-28/h5-7,12,18-23,28-32H,4,8-10H2,1-3H3/t12-,18+,19+,20-,21+,22-,23+,28-/m0/s1. The first-order chi connectivity index (χ1) is 19.8. The van der Waals surface area contributed by atoms with Gasteiger partial charge in [0.25, 0.3) is 0 Å². The molecule has 222 valence electrons. The number of fused-ring (bicyclic) bond motifs is 3. The zero-order chi connectivity index (χ0) is 29.0. The van der Waals surface area contributed by atoms with Gasteiger partial charge in [-0.1, -0.05) is 0 Å². The van der Waals surface area contributed by atoms with E-state index in [0.717, 1.165) is 0 Å². The summed E-state index contributed by atoms with van der Waals surface area (Å²) in [6, 6.07) is 5.37. The minimum Gasteiger partial charge on any atom is -0.493 e. The molecular weight excluding hydrogens is 544 g/mol. The van der Waals surface area contributed by atoms with Crippen LogP contribution >= 0.6 is 0 Å². The number of carbonyl (C=O) groups excluding carboxylic acids is 1. The fraction of sp³-hybridized carbons (Fsp3) is 0.536. The zero-order valence-electron chi connectivity index (χ0n) is 22.6. The Labute approximate surface area is 235 Å². The molecule has 2 aromatic carbocycles. The molecule has 0 bridgehead atoms. The first kappa shape index (κ1) is 27.7. The number of esters is 1. The molecule has 8 atom stereocenters. The van der Waals surface area contributed by atoms with E-state index in [1.165, 1.54) is 21.3 Å². The number of hydrogen-bond donors (Lipinski definition) is 4. The predicted octanol–water partition coefficient (Wildman–Crippen LogP) is 0.0970. The lowest BCUT2D eigenvalue weighted by atomic mass is 9.67. The highest BCUT2D eigenvalue weighted by molar-refractivity contribution is 5.79. The summed E-state index contributed by atoms with van der Waals surface area (Å²) in [6.45, 7) is -0.507. The van der Waals surface area contributed by atoms with Gasteiger partial charge >= 0.3 is 5.97 Å². The van der Waals surface area contributed by atoms with Crippen LogP contribution in [0.1, 0.15) is 22.6 Å². The van der Waals surface area contributed by atoms with Gasteiger partial charge in [0.2, 0.25) is 24.6 Å². The van der Waals surface area contributed by atoms with Crippen molar-refractivity contribution in [3.63, 3.8) is 0 Å². The molecular formula is C28H32O13. The second kappa shape index (κ2) is 10.7. The first-order valence-corrected chi connectivity index (χ1v) is 13.2. The normalized spacial score (nSPS) is 31.6. The second-order valence-corrected chi connectivity index (χ2v) is 10.4. The summed E-state index contributed by atoms with van der Waals surface area (Å²) in [6.07, 6.45) is -7.06. The number of aliphatic hydroxyl groups excluding tert-OH is 4. The molecule has 0 spiro atoms. The molecule has 13 nitrogen and oxygen atoms in total. The second-order valence-electron chi connectivity index (χ2n) is 10.4. The Bertz CT molecular complexity index is 1300. The van der Waals surface area contributed by atoms with Crippen molar-refractivity contribution in [1.29, 1.82) is 0 Å². The molecule has 2 aromatic rings. The third kappa shape index (κ3) is 4.39. The molecule has 3 aliphatic heterocycles. The minimum absolute atomic E-state index is 0.0903. The Morgan fingerprint density at radius 1 is 0.902 bits per heavy atom. The maximum Gasteiger partial charge on any atom is 0.310 e. The van der Waals surface area contributed by atoms with Crippen LogP contribution < -0.4 is 28.4 Å². The highest BCUT2D eigenvalue weighted by Crippen LogP contribution is 2.56. The number of rotatable bonds is 7. The molecule has 41 heavy (non-hydrogen) atoms. The van der Waals surface area contributed by atoms with Crippen molar-refractivity contribution < 1.29 is 63.1 Å². The van der Waals surface area contributed by atoms with Gasteiger partial charge in [-0.3, -0.25) is 4.79 Å². The van der Waals surface area contributed by atoms with Crippen LogP contribution in [0, 0.1) is 11.8 Å². The van der Waals surface area contributed by atoms with Gasteiger partial charge in [0, 0.05) is 17.4 Å². The fourth-order valence-electron chi connectivity index (χ4n) is 6.26. The number of hydrogen-bond acceptors (Lipinski definition) is 13. The van der Waals surface area contributed by atoms with Gasteiger partial charge in [0.15, 0.2) is 23.0 Å². The van der Waals surface area contributed by atoms with E-state index in [4.69, 9.17) is 37.9 Å². The monoisotopic (exact) mass is 576 g/mol. The SMILES string of the molecule is COc1cc([C@@H]2c3cc4c(c(O[C@@H]5O[C@H](CO)[C@@H](O)[C@H](O)[C@H]5O)c3C[C@H]3COC(=O)[C@@H]32)OCO4)cc(OC)c1OC. The fourth-order valence-corrected chi connectivity index (χ4v) is 6.26. The molecule has 0 unspecified atom stereocenters. The van der Waals surface area contributed by atoms with E-state index in [-0.39, 0.29) is 36.8 Å². The van der Waals surface area contributed by atoms with Crippen molar-refractivity contribution in [2.75, 3.05) is 41.3 Å². The van der Waals surface area contributed by atoms with Gasteiger partial charge in [-0.2, -0.15) is 0 Å². The molecule has 0 aromatic heterocycles. The zero-order valence-corrected chi connectivity index (χ0v) is 22.6. The number of ether oxygens (including phenoxy) is 8. The number of benzene rings is 2. The lowest BCUT2D eigenvalue weighted by molar-refractivity contribution is -0.277. The molecule has 1 aliphatic carbocycles. The lowest BCUT2D eigenvalue weighted by Crippen LogP contribution is -2.60. The van der Waals surface area contributed by atoms with Crippen LogP contribution in [0.5, 0.6) is 34.5 Å². The number of methoxy groups -OCH3 is 3. The Balaban J connectivity index is 1.51. The summed E-state index contributed by atoms with van der Waals surface area (Å²) in [4.78, 5) is 13.1. The molecule has 13 heteroatoms. The Morgan fingerprint density at radius 3 is 2.29 bits per heavy atom. The van der Waals surface area contributed by atoms with E-state index in [9.17, 15) is 25.2 Å². The molecule has 4 N–H and O–H groups in total. The molecule has 4 aliphatic rings. The molecule has 2 saturated heterocycles.